The second-order valence-electron chi connectivity index (χ2n) is 28.7. The summed E-state index contributed by atoms with van der Waals surface area (Å²) >= 11 is 6.17. The van der Waals surface area contributed by atoms with Crippen molar-refractivity contribution < 1.29 is 109 Å². The van der Waals surface area contributed by atoms with Crippen molar-refractivity contribution in [2.75, 3.05) is 52.3 Å². The molecule has 1 aliphatic rings. The monoisotopic (exact) mass is 1640 g/mol. The van der Waals surface area contributed by atoms with Gasteiger partial charge in [0.1, 0.15) is 49.0 Å². The summed E-state index contributed by atoms with van der Waals surface area (Å²) in [6, 6.07) is 5.48. The molecule has 13 N–H and O–H groups in total. The van der Waals surface area contributed by atoms with E-state index in [-0.39, 0.29) is 101 Å². The molecule has 0 aliphatic carbocycles. The van der Waals surface area contributed by atoms with E-state index in [9.17, 15) is 76.5 Å². The lowest BCUT2D eigenvalue weighted by atomic mass is 9.90. The van der Waals surface area contributed by atoms with Gasteiger partial charge in [0.25, 0.3) is 5.91 Å². The van der Waals surface area contributed by atoms with Crippen LogP contribution in [0.4, 0.5) is 15.3 Å². The van der Waals surface area contributed by atoms with Crippen LogP contribution >= 0.6 is 27.2 Å². The number of nitrogens with one attached hydrogen (secondary N) is 7. The minimum absolute atomic E-state index is 0.00941. The van der Waals surface area contributed by atoms with Crippen molar-refractivity contribution in [3.8, 4) is 0 Å². The van der Waals surface area contributed by atoms with Gasteiger partial charge in [-0.25, -0.2) is 28.3 Å². The first-order valence-electron chi connectivity index (χ1n) is 37.7. The highest BCUT2D eigenvalue weighted by molar-refractivity contribution is 7.61. The second kappa shape index (κ2) is 49.3. The molecule has 0 saturated carbocycles. The Bertz CT molecular complexity index is 3630. The normalized spacial score (nSPS) is 22.2. The molecule has 1 aliphatic heterocycles. The maximum Gasteiger partial charge on any atom is 0.481 e. The Hall–Kier alpha value is -8.33. The van der Waals surface area contributed by atoms with E-state index in [0.29, 0.717) is 59.5 Å². The summed E-state index contributed by atoms with van der Waals surface area (Å²) in [6.45, 7) is 18.6. The number of nitrogens with two attached hydrogens (primary N) is 2. The average Bonchev–Trinajstić information content (AvgIpc) is 0.830. The molecule has 3 rings (SSSR count). The molecule has 13 atom stereocenters. The van der Waals surface area contributed by atoms with Gasteiger partial charge in [0, 0.05) is 68.6 Å². The van der Waals surface area contributed by atoms with Crippen molar-refractivity contribution >= 4 is 104 Å². The lowest BCUT2D eigenvalue weighted by Crippen LogP contribution is -2.57. The predicted molar refractivity (Wildman–Crippen MR) is 416 cm³/mol. The number of anilines is 1. The van der Waals surface area contributed by atoms with E-state index in [1.807, 2.05) is 0 Å². The number of hydrogen-bond acceptors (Lipinski definition) is 22. The fourth-order valence-electron chi connectivity index (χ4n) is 11.2. The van der Waals surface area contributed by atoms with Gasteiger partial charge in [-0.1, -0.05) is 116 Å². The summed E-state index contributed by atoms with van der Waals surface area (Å²) in [5, 5.41) is 18.9. The third kappa shape index (κ3) is 36.2. The van der Waals surface area contributed by atoms with Crippen molar-refractivity contribution in [1.29, 1.82) is 0 Å². The molecule has 3 unspecified atom stereocenters. The number of likely N-dealkylation sites (N-methyl/N-ethyl adjacent to an activating group) is 2. The van der Waals surface area contributed by atoms with E-state index >= 15 is 0 Å². The van der Waals surface area contributed by atoms with Crippen LogP contribution in [0.5, 0.6) is 0 Å². The number of allylic oxidation sites excluding steroid dienone is 1. The molecule has 10 amide bonds. The number of unbranched alkanes of at least 4 members (excludes halogenated alkanes) is 5. The van der Waals surface area contributed by atoms with Gasteiger partial charge in [0.2, 0.25) is 35.4 Å². The molecule has 628 valence electrons. The zero-order valence-corrected chi connectivity index (χ0v) is 69.3. The third-order valence-electron chi connectivity index (χ3n) is 18.5. The SMILES string of the molecule is C/C=C(\C)[C@H]1OC(=O)[C@@H](C)NC(=O)[C@H](C(C)CC)NC(=O)CN(C)C(=O)[C@@H](Cc2ccc(Cl)cc2)N(C)C(=O)[C@H](C)NC(=O)[C@@H](CC(C)C)OC(=O)/C(C)=C/C[C@H](OC(=O)NCCCCCOP(=O)(O)OP(=O)(O)OCCCCCCC(=O)OCc2ccc(NC(=O)[C@@H](CCCNC(N)=O)NC(=O)[C@H](N)C(C)C)cc2)[C@@H]1C. The average molecular weight is 1640 g/mol. The Morgan fingerprint density at radius 3 is 1.94 bits per heavy atom. The number of cyclic esters (lactones) is 2. The summed E-state index contributed by atoms with van der Waals surface area (Å²) < 4.78 is 62.9. The van der Waals surface area contributed by atoms with E-state index in [4.69, 9.17) is 51.1 Å². The molecule has 112 heavy (non-hydrogen) atoms. The number of alkyl carbamates (subject to hydrolysis) is 1. The predicted octanol–water partition coefficient (Wildman–Crippen LogP) is 7.59. The number of ether oxygens (including phenoxy) is 4. The fourth-order valence-corrected chi connectivity index (χ4v) is 13.5. The van der Waals surface area contributed by atoms with Crippen LogP contribution in [0.2, 0.25) is 5.02 Å². The van der Waals surface area contributed by atoms with E-state index < -0.39 is 167 Å². The maximum absolute atomic E-state index is 14.4. The van der Waals surface area contributed by atoms with Crippen molar-refractivity contribution in [3.63, 3.8) is 0 Å². The number of amides is 10. The molecule has 0 spiro atoms. The Balaban J connectivity index is 1.63. The van der Waals surface area contributed by atoms with Crippen molar-refractivity contribution in [1.82, 2.24) is 41.7 Å². The molecule has 0 bridgehead atoms. The number of primary amides is 1. The number of halogens is 1. The minimum atomic E-state index is -5.13. The molecule has 1 heterocycles. The molecule has 2 aromatic rings. The number of phosphoric acid groups is 2. The lowest BCUT2D eigenvalue weighted by Gasteiger charge is -2.33. The first-order valence-corrected chi connectivity index (χ1v) is 41.1. The van der Waals surface area contributed by atoms with Gasteiger partial charge in [0.15, 0.2) is 6.10 Å². The van der Waals surface area contributed by atoms with Crippen molar-refractivity contribution in [3.05, 3.63) is 88.0 Å². The number of urea groups is 1. The zero-order valence-electron chi connectivity index (χ0n) is 66.7. The summed E-state index contributed by atoms with van der Waals surface area (Å²) in [7, 11) is -7.50. The topological polar surface area (TPSA) is 487 Å². The number of esters is 3. The van der Waals surface area contributed by atoms with E-state index in [1.165, 1.54) is 40.9 Å². The van der Waals surface area contributed by atoms with Gasteiger partial charge < -0.3 is 87.2 Å². The molecular weight excluding hydrogens is 1520 g/mol. The van der Waals surface area contributed by atoms with Crippen LogP contribution in [0.25, 0.3) is 0 Å². The molecular formula is C75H118ClN11O23P2. The number of nitrogens with zero attached hydrogens (tertiary/aromatic N) is 2. The number of phosphoric ester groups is 2. The zero-order chi connectivity index (χ0) is 84.2. The Morgan fingerprint density at radius 2 is 1.35 bits per heavy atom. The van der Waals surface area contributed by atoms with Crippen LogP contribution in [-0.4, -0.2) is 192 Å². The highest BCUT2D eigenvalue weighted by Gasteiger charge is 2.39. The van der Waals surface area contributed by atoms with Gasteiger partial charge in [-0.15, -0.1) is 0 Å². The fraction of sp³-hybridized carbons (Fsp3) is 0.627. The molecule has 0 saturated heterocycles. The van der Waals surface area contributed by atoms with Crippen LogP contribution in [0.15, 0.2) is 71.8 Å². The van der Waals surface area contributed by atoms with Gasteiger partial charge in [0.05, 0.1) is 25.8 Å². The maximum atomic E-state index is 14.4. The van der Waals surface area contributed by atoms with Gasteiger partial charge in [-0.05, 0) is 145 Å². The first-order chi connectivity index (χ1) is 52.6. The number of carbonyl (C=O) groups excluding carboxylic acids is 12. The first kappa shape index (κ1) is 97.9. The second-order valence-corrected chi connectivity index (χ2v) is 32.1. The lowest BCUT2D eigenvalue weighted by molar-refractivity contribution is -0.155. The minimum Gasteiger partial charge on any atom is -0.461 e. The molecule has 34 nitrogen and oxygen atoms in total. The molecule has 0 fully saturated rings. The van der Waals surface area contributed by atoms with Crippen LogP contribution in [0, 0.1) is 23.7 Å². The van der Waals surface area contributed by atoms with E-state index in [1.54, 1.807) is 117 Å². The molecule has 37 heteroatoms. The summed E-state index contributed by atoms with van der Waals surface area (Å²) in [5.41, 5.74) is 13.2. The highest BCUT2D eigenvalue weighted by Crippen LogP contribution is 2.60. The number of benzene rings is 2. The number of rotatable bonds is 36. The van der Waals surface area contributed by atoms with Crippen molar-refractivity contribution in [2.45, 2.75) is 234 Å². The van der Waals surface area contributed by atoms with Gasteiger partial charge in [-0.3, -0.25) is 47.4 Å². The Morgan fingerprint density at radius 1 is 0.759 bits per heavy atom. The Labute approximate surface area is 661 Å². The van der Waals surface area contributed by atoms with E-state index in [2.05, 4.69) is 41.5 Å². The van der Waals surface area contributed by atoms with Crippen LogP contribution in [0.1, 0.15) is 178 Å². The van der Waals surface area contributed by atoms with Crippen LogP contribution < -0.4 is 48.7 Å². The Kier molecular flexibility index (Phi) is 43.1. The quantitative estimate of drug-likeness (QED) is 0.0103. The van der Waals surface area contributed by atoms with Gasteiger partial charge >= 0.3 is 45.7 Å². The molecule has 2 aromatic carbocycles. The molecule has 0 aromatic heterocycles. The van der Waals surface area contributed by atoms with Crippen molar-refractivity contribution in [2.24, 2.45) is 35.1 Å². The summed E-state index contributed by atoms with van der Waals surface area (Å²) in [5.74, 6) is -8.77. The number of carbonyl (C=O) groups is 12. The smallest absolute Gasteiger partial charge is 0.461 e. The largest absolute Gasteiger partial charge is 0.481 e. The number of hydrogen-bond donors (Lipinski definition) is 11. The summed E-state index contributed by atoms with van der Waals surface area (Å²) in [6.07, 6.45) is 1.37. The van der Waals surface area contributed by atoms with Crippen LogP contribution in [0.3, 0.4) is 0 Å². The summed E-state index contributed by atoms with van der Waals surface area (Å²) in [4.78, 5) is 185. The standard InChI is InChI=1S/C75H118ClN11O23P2/c1-15-47(7)64-69(93)82-52(12)73(97)109-65(48(8)16-2)50(10)59(36-27-49(9)72(96)107-60(41-45(3)4)67(91)81-51(11)70(94)87(14)58(42-53-28-32-55(76)33-29-53)71(95)86(13)43-61(88)85-64)108-75(99)80-37-21-19-23-40-106-112(102,103)110-111(100,101)105-39-22-18-17-20-26-62(89)104-44-54-30-34-56(35-31-54)83-66(90)57(25-24-38-79-74(78)98)84-68(92)63(77)46(5)6/h16,27-35,45-47,50-52,57-60,63-65H,15,17-26,36-44,77H2,1-14H3,(H,80,99)(H,81,91)(H,82,93)(H,83,90)(H,84,92)(H,85,88)(H,100,101)(H,102,103)(H3,78,79,98)/b48-16+,49-27+/t47?,50-,51-,52+,57+,58+,59-,60+,63+,64-,65+/m0/s1. The van der Waals surface area contributed by atoms with Crippen LogP contribution in [-0.2, 0) is 102 Å². The third-order valence-corrected chi connectivity index (χ3v) is 21.4. The highest BCUT2D eigenvalue weighted by atomic mass is 35.5. The van der Waals surface area contributed by atoms with E-state index in [0.717, 1.165) is 9.80 Å². The van der Waals surface area contributed by atoms with Gasteiger partial charge in [-0.2, -0.15) is 4.31 Å². The molecule has 0 radical (unpaired) electrons.